The monoisotopic (exact) mass is 409 g/mol. The lowest BCUT2D eigenvalue weighted by Crippen LogP contribution is -2.39. The second kappa shape index (κ2) is 9.74. The van der Waals surface area contributed by atoms with Gasteiger partial charge in [0.2, 0.25) is 5.91 Å². The highest BCUT2D eigenvalue weighted by molar-refractivity contribution is 5.94. The van der Waals surface area contributed by atoms with Crippen LogP contribution in [0.3, 0.4) is 0 Å². The lowest BCUT2D eigenvalue weighted by Gasteiger charge is -2.16. The van der Waals surface area contributed by atoms with Crippen molar-refractivity contribution in [3.8, 4) is 0 Å². The molecule has 0 radical (unpaired) electrons. The van der Waals surface area contributed by atoms with Crippen LogP contribution < -0.4 is 16.2 Å². The van der Waals surface area contributed by atoms with E-state index in [1.165, 1.54) is 16.2 Å². The molecule has 0 aliphatic heterocycles. The van der Waals surface area contributed by atoms with E-state index in [4.69, 9.17) is 0 Å². The fourth-order valence-corrected chi connectivity index (χ4v) is 3.86. The highest BCUT2D eigenvalue weighted by Gasteiger charge is 2.19. The van der Waals surface area contributed by atoms with Crippen molar-refractivity contribution in [2.75, 3.05) is 0 Å². The van der Waals surface area contributed by atoms with Crippen LogP contribution in [0.4, 0.5) is 0 Å². The van der Waals surface area contributed by atoms with Crippen LogP contribution in [0.1, 0.15) is 79.9 Å². The van der Waals surface area contributed by atoms with Gasteiger partial charge >= 0.3 is 0 Å². The van der Waals surface area contributed by atoms with Crippen molar-refractivity contribution in [1.29, 1.82) is 0 Å². The van der Waals surface area contributed by atoms with Gasteiger partial charge in [0.25, 0.3) is 11.5 Å². The van der Waals surface area contributed by atoms with Crippen LogP contribution in [0, 0.1) is 0 Å². The maximum Gasteiger partial charge on any atom is 0.263 e. The van der Waals surface area contributed by atoms with Gasteiger partial charge in [-0.1, -0.05) is 51.0 Å². The quantitative estimate of drug-likeness (QED) is 0.734. The van der Waals surface area contributed by atoms with Gasteiger partial charge < -0.3 is 15.2 Å². The number of benzene rings is 1. The Morgan fingerprint density at radius 2 is 1.67 bits per heavy atom. The maximum atomic E-state index is 12.7. The maximum absolute atomic E-state index is 12.7. The van der Waals surface area contributed by atoms with Crippen LogP contribution in [0.2, 0.25) is 0 Å². The first-order valence-corrected chi connectivity index (χ1v) is 10.7. The Bertz CT molecular complexity index is 941. The lowest BCUT2D eigenvalue weighted by atomic mass is 9.99. The molecule has 2 aromatic rings. The fourth-order valence-electron chi connectivity index (χ4n) is 3.86. The molecule has 1 heterocycles. The van der Waals surface area contributed by atoms with Gasteiger partial charge in [-0.2, -0.15) is 0 Å². The largest absolute Gasteiger partial charge is 0.352 e. The van der Waals surface area contributed by atoms with Crippen molar-refractivity contribution in [3.05, 3.63) is 69.6 Å². The molecule has 1 aliphatic rings. The van der Waals surface area contributed by atoms with Crippen LogP contribution in [0.25, 0.3) is 0 Å². The Kier molecular flexibility index (Phi) is 7.08. The Morgan fingerprint density at radius 3 is 2.30 bits per heavy atom. The summed E-state index contributed by atoms with van der Waals surface area (Å²) in [5.74, 6) is -0.191. The number of hydrogen-bond acceptors (Lipinski definition) is 3. The van der Waals surface area contributed by atoms with Gasteiger partial charge in [-0.05, 0) is 48.9 Å². The van der Waals surface area contributed by atoms with E-state index in [0.29, 0.717) is 5.92 Å². The molecule has 1 unspecified atom stereocenters. The van der Waals surface area contributed by atoms with Gasteiger partial charge in [0.1, 0.15) is 12.1 Å². The summed E-state index contributed by atoms with van der Waals surface area (Å²) in [6, 6.07) is 11.2. The molecular formula is C24H31N3O3. The molecule has 0 saturated heterocycles. The molecular weight excluding hydrogens is 378 g/mol. The molecule has 1 saturated carbocycles. The first-order chi connectivity index (χ1) is 14.3. The Morgan fingerprint density at radius 1 is 1.03 bits per heavy atom. The van der Waals surface area contributed by atoms with Crippen LogP contribution in [-0.2, 0) is 11.3 Å². The highest BCUT2D eigenvalue weighted by Crippen LogP contribution is 2.19. The predicted octanol–water partition coefficient (Wildman–Crippen LogP) is 3.52. The van der Waals surface area contributed by atoms with Gasteiger partial charge in [-0.3, -0.25) is 14.4 Å². The summed E-state index contributed by atoms with van der Waals surface area (Å²) in [6.45, 7) is 6.07. The average Bonchev–Trinajstić information content (AvgIpc) is 3.22. The molecule has 30 heavy (non-hydrogen) atoms. The molecule has 1 fully saturated rings. The molecule has 1 aromatic carbocycles. The third-order valence-corrected chi connectivity index (χ3v) is 5.75. The SMILES string of the molecule is CC(C)c1ccc(C(C)NC(=O)c2cccn(CC(=O)NC3CCCC3)c2=O)cc1. The molecule has 6 nitrogen and oxygen atoms in total. The number of carbonyl (C=O) groups is 2. The number of aromatic nitrogens is 1. The van der Waals surface area contributed by atoms with Crippen molar-refractivity contribution >= 4 is 11.8 Å². The molecule has 2 N–H and O–H groups in total. The highest BCUT2D eigenvalue weighted by atomic mass is 16.2. The second-order valence-corrected chi connectivity index (χ2v) is 8.42. The number of nitrogens with zero attached hydrogens (tertiary/aromatic N) is 1. The minimum Gasteiger partial charge on any atom is -0.352 e. The molecule has 1 aromatic heterocycles. The Balaban J connectivity index is 1.66. The van der Waals surface area contributed by atoms with Crippen molar-refractivity contribution in [2.45, 2.75) is 71.0 Å². The van der Waals surface area contributed by atoms with E-state index in [0.717, 1.165) is 31.2 Å². The predicted molar refractivity (Wildman–Crippen MR) is 118 cm³/mol. The summed E-state index contributed by atoms with van der Waals surface area (Å²) in [5.41, 5.74) is 1.79. The summed E-state index contributed by atoms with van der Waals surface area (Å²) < 4.78 is 1.29. The number of hydrogen-bond donors (Lipinski definition) is 2. The standard InChI is InChI=1S/C24H31N3O3/c1-16(2)18-10-12-19(13-11-18)17(3)25-23(29)21-9-6-14-27(24(21)30)15-22(28)26-20-7-4-5-8-20/h6,9-14,16-17,20H,4-5,7-8,15H2,1-3H3,(H,25,29)(H,26,28). The van der Waals surface area contributed by atoms with Crippen molar-refractivity contribution in [1.82, 2.24) is 15.2 Å². The van der Waals surface area contributed by atoms with Crippen LogP contribution in [0.5, 0.6) is 0 Å². The van der Waals surface area contributed by atoms with Crippen LogP contribution in [0.15, 0.2) is 47.4 Å². The third-order valence-electron chi connectivity index (χ3n) is 5.75. The van der Waals surface area contributed by atoms with E-state index >= 15 is 0 Å². The average molecular weight is 410 g/mol. The number of rotatable bonds is 7. The second-order valence-electron chi connectivity index (χ2n) is 8.42. The summed E-state index contributed by atoms with van der Waals surface area (Å²) >= 11 is 0. The van der Waals surface area contributed by atoms with Gasteiger partial charge in [0, 0.05) is 12.2 Å². The van der Waals surface area contributed by atoms with Gasteiger partial charge in [-0.15, -0.1) is 0 Å². The molecule has 2 amide bonds. The van der Waals surface area contributed by atoms with Crippen molar-refractivity contribution < 1.29 is 9.59 Å². The first kappa shape index (κ1) is 21.8. The molecule has 0 spiro atoms. The van der Waals surface area contributed by atoms with E-state index in [1.54, 1.807) is 12.3 Å². The van der Waals surface area contributed by atoms with Crippen molar-refractivity contribution in [3.63, 3.8) is 0 Å². The third kappa shape index (κ3) is 5.38. The van der Waals surface area contributed by atoms with Crippen LogP contribution in [-0.4, -0.2) is 22.4 Å². The van der Waals surface area contributed by atoms with E-state index in [2.05, 4.69) is 36.6 Å². The van der Waals surface area contributed by atoms with Gasteiger partial charge in [0.05, 0.1) is 6.04 Å². The minimum absolute atomic E-state index is 0.0387. The minimum atomic E-state index is -0.459. The summed E-state index contributed by atoms with van der Waals surface area (Å²) in [5, 5.41) is 5.86. The normalized spacial score (nSPS) is 15.2. The Hall–Kier alpha value is -2.89. The molecule has 6 heteroatoms. The van der Waals surface area contributed by atoms with Crippen molar-refractivity contribution in [2.24, 2.45) is 0 Å². The van der Waals surface area contributed by atoms with E-state index < -0.39 is 11.5 Å². The van der Waals surface area contributed by atoms with E-state index in [1.807, 2.05) is 19.1 Å². The zero-order valence-electron chi connectivity index (χ0n) is 18.0. The molecule has 3 rings (SSSR count). The number of nitrogens with one attached hydrogen (secondary N) is 2. The Labute approximate surface area is 177 Å². The summed E-state index contributed by atoms with van der Waals surface area (Å²) in [6.07, 6.45) is 5.76. The molecule has 1 aliphatic carbocycles. The topological polar surface area (TPSA) is 80.2 Å². The zero-order chi connectivity index (χ0) is 21.7. The fraction of sp³-hybridized carbons (Fsp3) is 0.458. The summed E-state index contributed by atoms with van der Waals surface area (Å²) in [7, 11) is 0. The van der Waals surface area contributed by atoms with Gasteiger partial charge in [-0.25, -0.2) is 0 Å². The smallest absolute Gasteiger partial charge is 0.263 e. The lowest BCUT2D eigenvalue weighted by molar-refractivity contribution is -0.122. The number of amides is 2. The molecule has 1 atom stereocenters. The van der Waals surface area contributed by atoms with E-state index in [9.17, 15) is 14.4 Å². The number of carbonyl (C=O) groups excluding carboxylic acids is 2. The zero-order valence-corrected chi connectivity index (χ0v) is 18.0. The molecule has 0 bridgehead atoms. The summed E-state index contributed by atoms with van der Waals surface area (Å²) in [4.78, 5) is 37.7. The number of pyridine rings is 1. The van der Waals surface area contributed by atoms with E-state index in [-0.39, 0.29) is 30.1 Å². The van der Waals surface area contributed by atoms with Gasteiger partial charge in [0.15, 0.2) is 0 Å². The van der Waals surface area contributed by atoms with Crippen LogP contribution >= 0.6 is 0 Å². The first-order valence-electron chi connectivity index (χ1n) is 10.7. The molecule has 160 valence electrons.